The van der Waals surface area contributed by atoms with Gasteiger partial charge in [-0.3, -0.25) is 0 Å². The predicted molar refractivity (Wildman–Crippen MR) is 130 cm³/mol. The van der Waals surface area contributed by atoms with Crippen LogP contribution in [0.3, 0.4) is 0 Å². The van der Waals surface area contributed by atoms with Crippen molar-refractivity contribution in [3.05, 3.63) is 29.3 Å². The molecular weight excluding hydrogens is 431 g/mol. The Labute approximate surface area is 220 Å². The van der Waals surface area contributed by atoms with Gasteiger partial charge in [0.15, 0.2) is 5.44 Å². The summed E-state index contributed by atoms with van der Waals surface area (Å²) in [5.74, 6) is 0.505. The topological polar surface area (TPSA) is 66.4 Å². The third kappa shape index (κ3) is 14.2. The van der Waals surface area contributed by atoms with Crippen molar-refractivity contribution in [2.45, 2.75) is 129 Å². The molecule has 0 radical (unpaired) electrons. The van der Waals surface area contributed by atoms with Gasteiger partial charge in [0.25, 0.3) is 0 Å². The maximum absolute atomic E-state index is 11.5. The summed E-state index contributed by atoms with van der Waals surface area (Å²) in [6.45, 7) is 6.32. The van der Waals surface area contributed by atoms with Crippen molar-refractivity contribution in [3.63, 3.8) is 0 Å². The summed E-state index contributed by atoms with van der Waals surface area (Å²) in [4.78, 5) is 0. The van der Waals surface area contributed by atoms with E-state index in [-0.39, 0.29) is 36.0 Å². The minimum absolute atomic E-state index is 0. The standard InChI is InChI=1S/C26H46O4S.Na/c1-4-7-9-11-13-15-18-23-20-21-25(30-26(17-6-3)31(27,28)29)22-24(23)19-16-14-12-10-8-5-2;/h20-22,26H,4-19H2,1-3H3,(H,27,28,29);/q;+1/p-1. The molecule has 1 rings (SSSR count). The molecule has 1 aromatic carbocycles. The van der Waals surface area contributed by atoms with Gasteiger partial charge in [-0.1, -0.05) is 97.5 Å². The van der Waals surface area contributed by atoms with E-state index in [1.807, 2.05) is 19.1 Å². The molecule has 0 saturated carbocycles. The number of ether oxygens (including phenoxy) is 1. The van der Waals surface area contributed by atoms with Crippen LogP contribution >= 0.6 is 0 Å². The minimum Gasteiger partial charge on any atom is -0.745 e. The fourth-order valence-corrected chi connectivity index (χ4v) is 4.75. The Hall–Kier alpha value is -0.0700. The van der Waals surface area contributed by atoms with Gasteiger partial charge in [0.05, 0.1) is 0 Å². The van der Waals surface area contributed by atoms with E-state index in [9.17, 15) is 13.0 Å². The molecule has 0 fully saturated rings. The van der Waals surface area contributed by atoms with Crippen molar-refractivity contribution >= 4 is 10.1 Å². The van der Waals surface area contributed by atoms with Crippen LogP contribution in [0.4, 0.5) is 0 Å². The molecule has 6 heteroatoms. The largest absolute Gasteiger partial charge is 1.00 e. The summed E-state index contributed by atoms with van der Waals surface area (Å²) in [5, 5.41) is 0. The molecule has 0 saturated heterocycles. The first-order chi connectivity index (χ1) is 14.9. The van der Waals surface area contributed by atoms with Crippen molar-refractivity contribution < 1.29 is 47.3 Å². The Balaban J connectivity index is 0.00000961. The number of unbranched alkanes of at least 4 members (excludes halogenated alkanes) is 10. The van der Waals surface area contributed by atoms with E-state index < -0.39 is 15.6 Å². The summed E-state index contributed by atoms with van der Waals surface area (Å²) in [6, 6.07) is 5.89. The van der Waals surface area contributed by atoms with E-state index in [0.29, 0.717) is 12.2 Å². The zero-order valence-corrected chi connectivity index (χ0v) is 24.0. The number of aryl methyl sites for hydroxylation is 2. The molecule has 0 N–H and O–H groups in total. The molecule has 180 valence electrons. The van der Waals surface area contributed by atoms with Gasteiger partial charge in [-0.2, -0.15) is 0 Å². The zero-order chi connectivity index (χ0) is 23.0. The molecule has 1 unspecified atom stereocenters. The second-order valence-electron chi connectivity index (χ2n) is 8.79. The molecule has 0 amide bonds. The van der Waals surface area contributed by atoms with Gasteiger partial charge in [-0.15, -0.1) is 0 Å². The molecule has 0 aliphatic heterocycles. The third-order valence-corrected chi connectivity index (χ3v) is 6.87. The van der Waals surface area contributed by atoms with Gasteiger partial charge in [0, 0.05) is 0 Å². The van der Waals surface area contributed by atoms with Crippen LogP contribution in [0, 0.1) is 0 Å². The summed E-state index contributed by atoms with van der Waals surface area (Å²) >= 11 is 0. The molecule has 1 aromatic rings. The fraction of sp³-hybridized carbons (Fsp3) is 0.769. The average molecular weight is 477 g/mol. The van der Waals surface area contributed by atoms with Crippen molar-refractivity contribution in [1.29, 1.82) is 0 Å². The molecule has 4 nitrogen and oxygen atoms in total. The average Bonchev–Trinajstić information content (AvgIpc) is 2.73. The first kappa shape index (κ1) is 31.9. The summed E-state index contributed by atoms with van der Waals surface area (Å²) in [6.07, 6.45) is 17.9. The molecule has 0 aliphatic carbocycles. The van der Waals surface area contributed by atoms with E-state index in [2.05, 4.69) is 19.9 Å². The number of rotatable bonds is 19. The molecular formula is C26H45NaO4S. The van der Waals surface area contributed by atoms with Gasteiger partial charge >= 0.3 is 29.6 Å². The first-order valence-corrected chi connectivity index (χ1v) is 14.1. The maximum atomic E-state index is 11.5. The van der Waals surface area contributed by atoms with Crippen LogP contribution in [0.15, 0.2) is 18.2 Å². The molecule has 0 heterocycles. The van der Waals surface area contributed by atoms with E-state index >= 15 is 0 Å². The maximum Gasteiger partial charge on any atom is 1.00 e. The van der Waals surface area contributed by atoms with Crippen LogP contribution in [-0.4, -0.2) is 18.4 Å². The summed E-state index contributed by atoms with van der Waals surface area (Å²) < 4.78 is 40.3. The second-order valence-corrected chi connectivity index (χ2v) is 10.3. The first-order valence-electron chi connectivity index (χ1n) is 12.7. The Kier molecular flexibility index (Phi) is 19.2. The molecule has 0 spiro atoms. The number of hydrogen-bond acceptors (Lipinski definition) is 4. The minimum atomic E-state index is -4.48. The van der Waals surface area contributed by atoms with Crippen LogP contribution in [0.5, 0.6) is 5.75 Å². The molecule has 0 bridgehead atoms. The number of benzene rings is 1. The van der Waals surface area contributed by atoms with Crippen molar-refractivity contribution in [1.82, 2.24) is 0 Å². The van der Waals surface area contributed by atoms with Gasteiger partial charge in [-0.25, -0.2) is 8.42 Å². The summed E-state index contributed by atoms with van der Waals surface area (Å²) in [5.41, 5.74) is 1.29. The van der Waals surface area contributed by atoms with Crippen molar-refractivity contribution in [3.8, 4) is 5.75 Å². The van der Waals surface area contributed by atoms with Gasteiger partial charge in [0.1, 0.15) is 15.9 Å². The third-order valence-electron chi connectivity index (χ3n) is 5.89. The number of hydrogen-bond donors (Lipinski definition) is 0. The van der Waals surface area contributed by atoms with Crippen molar-refractivity contribution in [2.75, 3.05) is 0 Å². The van der Waals surface area contributed by atoms with E-state index in [1.54, 1.807) is 0 Å². The monoisotopic (exact) mass is 476 g/mol. The van der Waals surface area contributed by atoms with E-state index in [4.69, 9.17) is 4.74 Å². The Morgan fingerprint density at radius 2 is 1.25 bits per heavy atom. The normalized spacial score (nSPS) is 12.4. The van der Waals surface area contributed by atoms with E-state index in [1.165, 1.54) is 81.8 Å². The Morgan fingerprint density at radius 1 is 0.750 bits per heavy atom. The predicted octanol–water partition coefficient (Wildman–Crippen LogP) is 4.55. The molecule has 1 atom stereocenters. The van der Waals surface area contributed by atoms with Gasteiger partial charge < -0.3 is 9.29 Å². The van der Waals surface area contributed by atoms with Crippen LogP contribution in [-0.2, 0) is 23.0 Å². The van der Waals surface area contributed by atoms with Gasteiger partial charge in [-0.05, 0) is 55.4 Å². The van der Waals surface area contributed by atoms with Crippen LogP contribution in [0.2, 0.25) is 0 Å². The SMILES string of the molecule is CCCCCCCCc1ccc(OC(CCC)S(=O)(=O)[O-])cc1CCCCCCCC.[Na+]. The molecule has 0 aliphatic rings. The van der Waals surface area contributed by atoms with E-state index in [0.717, 1.165) is 19.3 Å². The molecule has 32 heavy (non-hydrogen) atoms. The van der Waals surface area contributed by atoms with Crippen LogP contribution in [0.1, 0.15) is 122 Å². The Bertz CT molecular complexity index is 691. The summed E-state index contributed by atoms with van der Waals surface area (Å²) in [7, 11) is -4.48. The smallest absolute Gasteiger partial charge is 0.745 e. The van der Waals surface area contributed by atoms with Crippen molar-refractivity contribution in [2.24, 2.45) is 0 Å². The fourth-order valence-electron chi connectivity index (χ4n) is 3.99. The van der Waals surface area contributed by atoms with Crippen LogP contribution in [0.25, 0.3) is 0 Å². The second kappa shape index (κ2) is 19.3. The van der Waals surface area contributed by atoms with Gasteiger partial charge in [0.2, 0.25) is 0 Å². The molecule has 0 aromatic heterocycles. The Morgan fingerprint density at radius 3 is 1.75 bits per heavy atom. The van der Waals surface area contributed by atoms with Crippen LogP contribution < -0.4 is 34.3 Å². The zero-order valence-electron chi connectivity index (χ0n) is 21.2. The quantitative estimate of drug-likeness (QED) is 0.167.